The second kappa shape index (κ2) is 24.5. The average Bonchev–Trinajstić information content (AvgIpc) is 3.08. The van der Waals surface area contributed by atoms with Crippen LogP contribution in [0.15, 0.2) is 88.8 Å². The molecule has 5 unspecified atom stereocenters. The lowest BCUT2D eigenvalue weighted by atomic mass is 9.97. The Morgan fingerprint density at radius 3 is 2.12 bits per heavy atom. The van der Waals surface area contributed by atoms with Gasteiger partial charge >= 0.3 is 6.09 Å². The molecule has 1 aromatic rings. The summed E-state index contributed by atoms with van der Waals surface area (Å²) in [5.74, 6) is -1.04. The lowest BCUT2D eigenvalue weighted by molar-refractivity contribution is -0.118. The first-order valence-electron chi connectivity index (χ1n) is 15.8. The molecule has 0 saturated carbocycles. The maximum atomic E-state index is 12.8. The second-order valence-electron chi connectivity index (χ2n) is 11.4. The van der Waals surface area contributed by atoms with Crippen molar-refractivity contribution in [1.82, 2.24) is 10.6 Å². The number of likely N-dealkylation sites (N-methyl/N-ethyl adjacent to an activating group) is 1. The lowest BCUT2D eigenvalue weighted by Crippen LogP contribution is -2.35. The number of hydrogen-bond acceptors (Lipinski definition) is 10. The van der Waals surface area contributed by atoms with E-state index < -0.39 is 42.2 Å². The normalized spacial score (nSPS) is 15.8. The van der Waals surface area contributed by atoms with Crippen molar-refractivity contribution in [3.8, 4) is 0 Å². The molecule has 2 amide bonds. The third kappa shape index (κ3) is 17.4. The number of ether oxygens (including phenoxy) is 3. The quantitative estimate of drug-likeness (QED) is 0.0524. The Bertz CT molecular complexity index is 1380. The van der Waals surface area contributed by atoms with Crippen LogP contribution in [0.4, 0.5) is 4.79 Å². The van der Waals surface area contributed by atoms with E-state index in [1.807, 2.05) is 25.1 Å². The molecule has 12 nitrogen and oxygen atoms in total. The maximum absolute atomic E-state index is 12.8. The molecule has 0 fully saturated rings. The van der Waals surface area contributed by atoms with Crippen molar-refractivity contribution in [2.75, 3.05) is 21.3 Å². The van der Waals surface area contributed by atoms with Crippen molar-refractivity contribution in [2.24, 2.45) is 17.6 Å². The molecule has 0 saturated heterocycles. The zero-order valence-corrected chi connectivity index (χ0v) is 30.0. The molecule has 5 N–H and O–H groups in total. The molecule has 0 heterocycles. The summed E-state index contributed by atoms with van der Waals surface area (Å²) in [6, 6.07) is 9.10. The van der Waals surface area contributed by atoms with Crippen molar-refractivity contribution in [3.63, 3.8) is 0 Å². The van der Waals surface area contributed by atoms with Gasteiger partial charge in [0.05, 0.1) is 11.4 Å². The van der Waals surface area contributed by atoms with Gasteiger partial charge in [-0.25, -0.2) is 4.79 Å². The third-order valence-corrected chi connectivity index (χ3v) is 7.37. The molecule has 0 spiro atoms. The van der Waals surface area contributed by atoms with Crippen LogP contribution in [0.3, 0.4) is 0 Å². The number of benzene rings is 1. The Labute approximate surface area is 290 Å². The van der Waals surface area contributed by atoms with Gasteiger partial charge in [0.25, 0.3) is 5.91 Å². The minimum absolute atomic E-state index is 0.182. The van der Waals surface area contributed by atoms with Crippen molar-refractivity contribution >= 4 is 30.4 Å². The van der Waals surface area contributed by atoms with Crippen LogP contribution in [0.25, 0.3) is 0 Å². The number of nitrogens with two attached hydrogens (primary N) is 1. The number of rotatable bonds is 19. The van der Waals surface area contributed by atoms with Gasteiger partial charge in [-0.1, -0.05) is 81.8 Å². The molecule has 0 aliphatic carbocycles. The number of carbonyl (C=O) groups excluding carboxylic acids is 5. The molecule has 0 bridgehead atoms. The van der Waals surface area contributed by atoms with Crippen LogP contribution in [0.2, 0.25) is 0 Å². The topological polar surface area (TPSA) is 183 Å². The molecule has 0 aliphatic rings. The van der Waals surface area contributed by atoms with Gasteiger partial charge in [-0.05, 0) is 44.3 Å². The minimum Gasteiger partial charge on any atom is -0.439 e. The number of hydrogen-bond donors (Lipinski definition) is 4. The molecule has 0 radical (unpaired) electrons. The number of nitrogens with one attached hydrogen (secondary N) is 2. The first-order chi connectivity index (χ1) is 23.2. The Morgan fingerprint density at radius 1 is 1.02 bits per heavy atom. The highest BCUT2D eigenvalue weighted by atomic mass is 16.6. The van der Waals surface area contributed by atoms with Crippen molar-refractivity contribution in [2.45, 2.75) is 72.9 Å². The summed E-state index contributed by atoms with van der Waals surface area (Å²) in [5.41, 5.74) is 7.82. The predicted octanol–water partition coefficient (Wildman–Crippen LogP) is 4.71. The number of aliphatic hydroxyl groups excluding tert-OH is 1. The van der Waals surface area contributed by atoms with Crippen molar-refractivity contribution in [3.05, 3.63) is 94.4 Å². The molecule has 0 aromatic heterocycles. The van der Waals surface area contributed by atoms with Crippen LogP contribution in [0, 0.1) is 11.8 Å². The van der Waals surface area contributed by atoms with E-state index in [4.69, 9.17) is 19.9 Å². The number of methoxy groups -OCH3 is 2. The molecular formula is C37H53N3O9. The molecular weight excluding hydrogens is 630 g/mol. The maximum Gasteiger partial charge on any atom is 0.405 e. The van der Waals surface area contributed by atoms with E-state index in [9.17, 15) is 29.1 Å². The average molecular weight is 684 g/mol. The fraction of sp³-hybridized carbons (Fsp3) is 0.432. The number of aldehydes is 2. The molecule has 1 rings (SSSR count). The van der Waals surface area contributed by atoms with Crippen LogP contribution in [-0.4, -0.2) is 75.2 Å². The highest BCUT2D eigenvalue weighted by Gasteiger charge is 2.25. The number of primary amides is 1. The number of ketones is 1. The predicted molar refractivity (Wildman–Crippen MR) is 189 cm³/mol. The van der Waals surface area contributed by atoms with Gasteiger partial charge in [0.15, 0.2) is 18.7 Å². The van der Waals surface area contributed by atoms with Crippen LogP contribution in [-0.2, 0) is 28.6 Å². The summed E-state index contributed by atoms with van der Waals surface area (Å²) in [6.45, 7) is 11.0. The van der Waals surface area contributed by atoms with Gasteiger partial charge < -0.3 is 35.7 Å². The van der Waals surface area contributed by atoms with Crippen LogP contribution < -0.4 is 16.4 Å². The summed E-state index contributed by atoms with van der Waals surface area (Å²) in [4.78, 5) is 58.6. The number of amides is 2. The standard InChI is InChI=1S/C30H47N3O8.C7H6O/c1-10-18(2)14-20(4)26(32-7)24(35)16-23(17-34)33-28(36)19(3)12-11-13-25(39-8)27(41-30(31)38)21(5)15-22(6)29(37)40-9;8-6-7-4-2-1-3-5-7/h11-13,15-18,22,25,27,29,32,37H,10,14H2,1-9H3,(H2,31,38)(H,33,36);1-6H/b13-11-,19-12+,21-15+,23-16+,26-20-;. The van der Waals surface area contributed by atoms with E-state index in [0.717, 1.165) is 36.3 Å². The number of allylic oxidation sites excluding steroid dienone is 5. The van der Waals surface area contributed by atoms with E-state index >= 15 is 0 Å². The monoisotopic (exact) mass is 683 g/mol. The van der Waals surface area contributed by atoms with Crippen LogP contribution in [0.5, 0.6) is 0 Å². The van der Waals surface area contributed by atoms with E-state index in [-0.39, 0.29) is 11.3 Å². The van der Waals surface area contributed by atoms with E-state index in [1.54, 1.807) is 45.2 Å². The van der Waals surface area contributed by atoms with Crippen molar-refractivity contribution < 1.29 is 43.3 Å². The molecule has 1 aromatic carbocycles. The summed E-state index contributed by atoms with van der Waals surface area (Å²) in [6.07, 6.45) is 6.45. The summed E-state index contributed by atoms with van der Waals surface area (Å²) in [5, 5.41) is 15.2. The summed E-state index contributed by atoms with van der Waals surface area (Å²) in [7, 11) is 4.41. The Balaban J connectivity index is 0.00000249. The fourth-order valence-corrected chi connectivity index (χ4v) is 4.43. The van der Waals surface area contributed by atoms with Gasteiger partial charge in [-0.2, -0.15) is 0 Å². The van der Waals surface area contributed by atoms with E-state index in [2.05, 4.69) is 24.5 Å². The molecule has 270 valence electrons. The van der Waals surface area contributed by atoms with Gasteiger partial charge in [0.1, 0.15) is 12.4 Å². The van der Waals surface area contributed by atoms with E-state index in [1.165, 1.54) is 33.3 Å². The minimum atomic E-state index is -1.06. The second-order valence-corrected chi connectivity index (χ2v) is 11.4. The third-order valence-electron chi connectivity index (χ3n) is 7.37. The Kier molecular flexibility index (Phi) is 22.2. The summed E-state index contributed by atoms with van der Waals surface area (Å²) >= 11 is 0. The lowest BCUT2D eigenvalue weighted by Gasteiger charge is -2.25. The van der Waals surface area contributed by atoms with Gasteiger partial charge in [-0.15, -0.1) is 0 Å². The Morgan fingerprint density at radius 2 is 1.65 bits per heavy atom. The smallest absolute Gasteiger partial charge is 0.405 e. The van der Waals surface area contributed by atoms with E-state index in [0.29, 0.717) is 23.5 Å². The van der Waals surface area contributed by atoms with Crippen LogP contribution >= 0.6 is 0 Å². The number of aliphatic hydroxyl groups is 1. The SMILES string of the molecule is CCC(C)C/C(C)=C(\NC)C(=O)/C=C(\C=O)NC(=O)/C(C)=C/C=C\C(OC)C(OC(N)=O)/C(C)=C/C(C)C(O)OC.O=Cc1ccccc1. The number of carbonyl (C=O) groups is 5. The molecule has 5 atom stereocenters. The summed E-state index contributed by atoms with van der Waals surface area (Å²) < 4.78 is 15.6. The van der Waals surface area contributed by atoms with Gasteiger partial charge in [0.2, 0.25) is 5.78 Å². The highest BCUT2D eigenvalue weighted by Crippen LogP contribution is 2.20. The molecule has 0 aliphatic heterocycles. The molecule has 49 heavy (non-hydrogen) atoms. The zero-order valence-electron chi connectivity index (χ0n) is 30.0. The first-order valence-corrected chi connectivity index (χ1v) is 15.8. The fourth-order valence-electron chi connectivity index (χ4n) is 4.43. The van der Waals surface area contributed by atoms with Crippen LogP contribution in [0.1, 0.15) is 64.7 Å². The Hall–Kier alpha value is -4.65. The van der Waals surface area contributed by atoms with Crippen molar-refractivity contribution in [1.29, 1.82) is 0 Å². The highest BCUT2D eigenvalue weighted by molar-refractivity contribution is 6.08. The van der Waals surface area contributed by atoms with Gasteiger partial charge in [-0.3, -0.25) is 19.2 Å². The largest absolute Gasteiger partial charge is 0.439 e. The molecule has 12 heteroatoms. The zero-order chi connectivity index (χ0) is 37.5. The first kappa shape index (κ1) is 44.4. The van der Waals surface area contributed by atoms with Gasteiger partial charge in [0, 0.05) is 44.4 Å².